The second-order valence-corrected chi connectivity index (χ2v) is 2.16. The van der Waals surface area contributed by atoms with E-state index in [2.05, 4.69) is 10.2 Å². The highest BCUT2D eigenvalue weighted by Gasteiger charge is 2.01. The van der Waals surface area contributed by atoms with E-state index in [1.54, 1.807) is 0 Å². The molecule has 0 atom stereocenters. The summed E-state index contributed by atoms with van der Waals surface area (Å²) < 4.78 is 17.7. The Bertz CT molecular complexity index is 212. The lowest BCUT2D eigenvalue weighted by molar-refractivity contribution is 0.150. The molecule has 0 spiro atoms. The first-order valence-corrected chi connectivity index (χ1v) is 3.60. The van der Waals surface area contributed by atoms with Crippen molar-refractivity contribution in [2.24, 2.45) is 0 Å². The van der Waals surface area contributed by atoms with Crippen LogP contribution in [0.4, 0.5) is 4.39 Å². The Morgan fingerprint density at radius 3 is 3.09 bits per heavy atom. The Morgan fingerprint density at radius 2 is 2.55 bits per heavy atom. The van der Waals surface area contributed by atoms with Crippen molar-refractivity contribution in [1.29, 1.82) is 0 Å². The van der Waals surface area contributed by atoms with Gasteiger partial charge < -0.3 is 4.74 Å². The molecular weight excluding hydrogens is 147 g/mol. The molecule has 1 N–H and O–H groups in total. The van der Waals surface area contributed by atoms with Crippen LogP contribution in [0.25, 0.3) is 0 Å². The number of nitrogens with one attached hydrogen (secondary N) is 1. The average molecular weight is 158 g/mol. The second kappa shape index (κ2) is 4.08. The lowest BCUT2D eigenvalue weighted by Gasteiger charge is -1.97. The van der Waals surface area contributed by atoms with Crippen LogP contribution in [0.15, 0.2) is 6.20 Å². The predicted molar refractivity (Wildman–Crippen MR) is 38.7 cm³/mol. The molecule has 0 aliphatic rings. The smallest absolute Gasteiger partial charge is 0.212 e. The quantitative estimate of drug-likeness (QED) is 0.667. The molecule has 62 valence electrons. The number of hydrogen-bond acceptors (Lipinski definition) is 2. The number of ether oxygens (including phenoxy) is 1. The Labute approximate surface area is 64.6 Å². The number of hydrogen-bond donors (Lipinski definition) is 1. The van der Waals surface area contributed by atoms with E-state index in [1.807, 2.05) is 6.92 Å². The lowest BCUT2D eigenvalue weighted by Crippen LogP contribution is -1.98. The van der Waals surface area contributed by atoms with Gasteiger partial charge in [0.1, 0.15) is 0 Å². The summed E-state index contributed by atoms with van der Waals surface area (Å²) >= 11 is 0. The molecule has 0 aromatic carbocycles. The van der Waals surface area contributed by atoms with Crippen molar-refractivity contribution >= 4 is 0 Å². The molecule has 0 saturated carbocycles. The van der Waals surface area contributed by atoms with Gasteiger partial charge in [-0.05, 0) is 6.92 Å². The average Bonchev–Trinajstić information content (AvgIpc) is 2.37. The topological polar surface area (TPSA) is 37.9 Å². The summed E-state index contributed by atoms with van der Waals surface area (Å²) in [5.74, 6) is -0.357. The molecule has 0 fully saturated rings. The van der Waals surface area contributed by atoms with Gasteiger partial charge in [-0.2, -0.15) is 9.49 Å². The highest BCUT2D eigenvalue weighted by molar-refractivity contribution is 5.04. The van der Waals surface area contributed by atoms with Crippen molar-refractivity contribution in [1.82, 2.24) is 10.2 Å². The number of aromatic amines is 1. The maximum absolute atomic E-state index is 12.6. The highest BCUT2D eigenvalue weighted by atomic mass is 19.1. The zero-order valence-electron chi connectivity index (χ0n) is 6.43. The Morgan fingerprint density at radius 1 is 1.73 bits per heavy atom. The molecule has 0 aliphatic heterocycles. The zero-order valence-corrected chi connectivity index (χ0v) is 6.43. The van der Waals surface area contributed by atoms with Gasteiger partial charge in [0.2, 0.25) is 5.95 Å². The highest BCUT2D eigenvalue weighted by Crippen LogP contribution is 2.02. The first-order chi connectivity index (χ1) is 5.34. The monoisotopic (exact) mass is 158 g/mol. The van der Waals surface area contributed by atoms with Gasteiger partial charge in [-0.25, -0.2) is 0 Å². The number of aromatic nitrogens is 2. The molecular formula is C7H11FN2O. The van der Waals surface area contributed by atoms with E-state index in [1.165, 1.54) is 6.20 Å². The molecule has 1 aromatic rings. The Balaban J connectivity index is 2.32. The van der Waals surface area contributed by atoms with Gasteiger partial charge in [0, 0.05) is 18.6 Å². The van der Waals surface area contributed by atoms with Gasteiger partial charge in [0.15, 0.2) is 0 Å². The SMILES string of the molecule is CCOCCc1cn[nH]c1F. The summed E-state index contributed by atoms with van der Waals surface area (Å²) in [7, 11) is 0. The van der Waals surface area contributed by atoms with Crippen LogP contribution in [-0.2, 0) is 11.2 Å². The van der Waals surface area contributed by atoms with Crippen molar-refractivity contribution in [3.63, 3.8) is 0 Å². The van der Waals surface area contributed by atoms with Crippen molar-refractivity contribution in [2.45, 2.75) is 13.3 Å². The molecule has 11 heavy (non-hydrogen) atoms. The van der Waals surface area contributed by atoms with Crippen LogP contribution < -0.4 is 0 Å². The number of rotatable bonds is 4. The molecule has 0 aliphatic carbocycles. The fraction of sp³-hybridized carbons (Fsp3) is 0.571. The van der Waals surface area contributed by atoms with Crippen LogP contribution in [0.1, 0.15) is 12.5 Å². The van der Waals surface area contributed by atoms with Gasteiger partial charge in [0.05, 0.1) is 12.8 Å². The molecule has 3 nitrogen and oxygen atoms in total. The molecule has 0 amide bonds. The summed E-state index contributed by atoms with van der Waals surface area (Å²) in [6.07, 6.45) is 2.06. The second-order valence-electron chi connectivity index (χ2n) is 2.16. The normalized spacial score (nSPS) is 10.4. The third-order valence-corrected chi connectivity index (χ3v) is 1.38. The van der Waals surface area contributed by atoms with Crippen LogP contribution in [0, 0.1) is 5.95 Å². The fourth-order valence-corrected chi connectivity index (χ4v) is 0.796. The third kappa shape index (κ3) is 2.31. The van der Waals surface area contributed by atoms with Crippen LogP contribution in [0.2, 0.25) is 0 Å². The van der Waals surface area contributed by atoms with Crippen molar-refractivity contribution < 1.29 is 9.13 Å². The van der Waals surface area contributed by atoms with Gasteiger partial charge in [-0.1, -0.05) is 0 Å². The van der Waals surface area contributed by atoms with E-state index in [0.717, 1.165) is 0 Å². The molecule has 0 radical (unpaired) electrons. The minimum absolute atomic E-state index is 0.357. The van der Waals surface area contributed by atoms with E-state index in [9.17, 15) is 4.39 Å². The summed E-state index contributed by atoms with van der Waals surface area (Å²) in [5.41, 5.74) is 0.582. The minimum atomic E-state index is -0.357. The van der Waals surface area contributed by atoms with E-state index >= 15 is 0 Å². The first kappa shape index (κ1) is 8.20. The first-order valence-electron chi connectivity index (χ1n) is 3.60. The molecule has 0 unspecified atom stereocenters. The lowest BCUT2D eigenvalue weighted by atomic mass is 10.3. The summed E-state index contributed by atoms with van der Waals surface area (Å²) in [4.78, 5) is 0. The predicted octanol–water partition coefficient (Wildman–Crippen LogP) is 1.13. The van der Waals surface area contributed by atoms with E-state index < -0.39 is 0 Å². The molecule has 0 saturated heterocycles. The standard InChI is InChI=1S/C7H11FN2O/c1-2-11-4-3-6-5-9-10-7(6)8/h5H,2-4H2,1H3,(H,9,10). The van der Waals surface area contributed by atoms with Crippen LogP contribution >= 0.6 is 0 Å². The minimum Gasteiger partial charge on any atom is -0.381 e. The molecule has 1 rings (SSSR count). The van der Waals surface area contributed by atoms with Gasteiger partial charge in [0.25, 0.3) is 0 Å². The largest absolute Gasteiger partial charge is 0.381 e. The van der Waals surface area contributed by atoms with Crippen molar-refractivity contribution in [2.75, 3.05) is 13.2 Å². The third-order valence-electron chi connectivity index (χ3n) is 1.38. The van der Waals surface area contributed by atoms with Crippen LogP contribution in [0.5, 0.6) is 0 Å². The summed E-state index contributed by atoms with van der Waals surface area (Å²) in [5, 5.41) is 5.77. The molecule has 1 aromatic heterocycles. The van der Waals surface area contributed by atoms with Crippen LogP contribution in [-0.4, -0.2) is 23.4 Å². The maximum atomic E-state index is 12.6. The van der Waals surface area contributed by atoms with Gasteiger partial charge in [-0.15, -0.1) is 0 Å². The maximum Gasteiger partial charge on any atom is 0.212 e. The number of nitrogens with zero attached hydrogens (tertiary/aromatic N) is 1. The van der Waals surface area contributed by atoms with Gasteiger partial charge >= 0.3 is 0 Å². The number of halogens is 1. The summed E-state index contributed by atoms with van der Waals surface area (Å²) in [6, 6.07) is 0. The van der Waals surface area contributed by atoms with E-state index in [-0.39, 0.29) is 5.95 Å². The molecule has 0 bridgehead atoms. The zero-order chi connectivity index (χ0) is 8.10. The fourth-order valence-electron chi connectivity index (χ4n) is 0.796. The molecule has 1 heterocycles. The van der Waals surface area contributed by atoms with E-state index in [0.29, 0.717) is 25.2 Å². The Hall–Kier alpha value is -0.900. The Kier molecular flexibility index (Phi) is 3.04. The molecule has 4 heteroatoms. The van der Waals surface area contributed by atoms with Crippen molar-refractivity contribution in [3.05, 3.63) is 17.7 Å². The van der Waals surface area contributed by atoms with E-state index in [4.69, 9.17) is 4.74 Å². The van der Waals surface area contributed by atoms with Crippen molar-refractivity contribution in [3.8, 4) is 0 Å². The number of H-pyrrole nitrogens is 1. The summed E-state index contributed by atoms with van der Waals surface area (Å²) in [6.45, 7) is 3.12. The van der Waals surface area contributed by atoms with Gasteiger partial charge in [-0.3, -0.25) is 5.10 Å². The van der Waals surface area contributed by atoms with Crippen LogP contribution in [0.3, 0.4) is 0 Å².